The van der Waals surface area contributed by atoms with Crippen molar-refractivity contribution < 1.29 is 9.21 Å². The summed E-state index contributed by atoms with van der Waals surface area (Å²) in [4.78, 5) is 15.8. The Bertz CT molecular complexity index is 518. The van der Waals surface area contributed by atoms with E-state index in [2.05, 4.69) is 26.2 Å². The fourth-order valence-corrected chi connectivity index (χ4v) is 1.73. The summed E-state index contributed by atoms with van der Waals surface area (Å²) in [5, 5.41) is 2.77. The van der Waals surface area contributed by atoms with Gasteiger partial charge in [-0.05, 0) is 28.1 Å². The number of imidazole rings is 1. The number of hydrogen-bond acceptors (Lipinski definition) is 3. The molecule has 2 aromatic heterocycles. The maximum Gasteiger partial charge on any atom is 0.287 e. The number of aryl methyl sites for hydroxylation is 1. The van der Waals surface area contributed by atoms with Crippen LogP contribution in [0.3, 0.4) is 0 Å². The van der Waals surface area contributed by atoms with Gasteiger partial charge in [-0.2, -0.15) is 0 Å². The number of amides is 1. The SMILES string of the molecule is Cn1cnc(CCNC(=O)c2ccc(Br)o2)c1. The Morgan fingerprint density at radius 3 is 3.00 bits per heavy atom. The van der Waals surface area contributed by atoms with Gasteiger partial charge in [0, 0.05) is 26.2 Å². The maximum atomic E-state index is 11.6. The predicted molar refractivity (Wildman–Crippen MR) is 65.7 cm³/mol. The van der Waals surface area contributed by atoms with Crippen LogP contribution < -0.4 is 5.32 Å². The van der Waals surface area contributed by atoms with Crippen LogP contribution in [-0.2, 0) is 13.5 Å². The zero-order valence-corrected chi connectivity index (χ0v) is 10.9. The van der Waals surface area contributed by atoms with Gasteiger partial charge in [0.15, 0.2) is 10.4 Å². The second-order valence-electron chi connectivity index (χ2n) is 3.64. The van der Waals surface area contributed by atoms with Gasteiger partial charge >= 0.3 is 0 Å². The van der Waals surface area contributed by atoms with Gasteiger partial charge in [0.05, 0.1) is 12.0 Å². The third kappa shape index (κ3) is 3.20. The molecule has 1 amide bonds. The minimum atomic E-state index is -0.216. The van der Waals surface area contributed by atoms with E-state index in [1.54, 1.807) is 18.5 Å². The van der Waals surface area contributed by atoms with Crippen LogP contribution in [-0.4, -0.2) is 22.0 Å². The highest BCUT2D eigenvalue weighted by Gasteiger charge is 2.09. The molecule has 2 aromatic rings. The van der Waals surface area contributed by atoms with Crippen molar-refractivity contribution in [1.29, 1.82) is 0 Å². The molecule has 0 aromatic carbocycles. The molecule has 6 heteroatoms. The molecule has 5 nitrogen and oxygen atoms in total. The van der Waals surface area contributed by atoms with E-state index in [1.807, 2.05) is 17.8 Å². The average Bonchev–Trinajstić information content (AvgIpc) is 2.88. The van der Waals surface area contributed by atoms with Gasteiger partial charge in [-0.25, -0.2) is 4.98 Å². The molecule has 1 N–H and O–H groups in total. The Morgan fingerprint density at radius 1 is 1.59 bits per heavy atom. The molecular formula is C11H12BrN3O2. The van der Waals surface area contributed by atoms with E-state index in [9.17, 15) is 4.79 Å². The smallest absolute Gasteiger partial charge is 0.287 e. The van der Waals surface area contributed by atoms with Crippen LogP contribution >= 0.6 is 15.9 Å². The van der Waals surface area contributed by atoms with E-state index in [-0.39, 0.29) is 5.91 Å². The number of aromatic nitrogens is 2. The molecule has 0 fully saturated rings. The molecule has 0 radical (unpaired) electrons. The Labute approximate surface area is 107 Å². The van der Waals surface area contributed by atoms with Crippen molar-refractivity contribution in [3.63, 3.8) is 0 Å². The number of carbonyl (C=O) groups is 1. The summed E-state index contributed by atoms with van der Waals surface area (Å²) in [7, 11) is 1.91. The highest BCUT2D eigenvalue weighted by molar-refractivity contribution is 9.10. The molecule has 0 atom stereocenters. The lowest BCUT2D eigenvalue weighted by Crippen LogP contribution is -2.25. The normalized spacial score (nSPS) is 10.5. The van der Waals surface area contributed by atoms with Crippen molar-refractivity contribution in [3.05, 3.63) is 40.8 Å². The number of nitrogens with zero attached hydrogens (tertiary/aromatic N) is 2. The summed E-state index contributed by atoms with van der Waals surface area (Å²) in [6.45, 7) is 0.536. The zero-order chi connectivity index (χ0) is 12.3. The van der Waals surface area contributed by atoms with Gasteiger partial charge in [0.2, 0.25) is 0 Å². The van der Waals surface area contributed by atoms with Crippen LogP contribution in [0.2, 0.25) is 0 Å². The second kappa shape index (κ2) is 5.18. The molecule has 0 aliphatic carbocycles. The van der Waals surface area contributed by atoms with E-state index in [4.69, 9.17) is 4.42 Å². The van der Waals surface area contributed by atoms with Crippen molar-refractivity contribution in [2.75, 3.05) is 6.54 Å². The van der Waals surface area contributed by atoms with E-state index in [0.717, 1.165) is 5.69 Å². The van der Waals surface area contributed by atoms with Crippen molar-refractivity contribution in [3.8, 4) is 0 Å². The summed E-state index contributed by atoms with van der Waals surface area (Å²) < 4.78 is 7.56. The third-order valence-electron chi connectivity index (χ3n) is 2.22. The summed E-state index contributed by atoms with van der Waals surface area (Å²) in [5.41, 5.74) is 0.952. The van der Waals surface area contributed by atoms with Crippen LogP contribution in [0.4, 0.5) is 0 Å². The Balaban J connectivity index is 1.81. The van der Waals surface area contributed by atoms with E-state index >= 15 is 0 Å². The quantitative estimate of drug-likeness (QED) is 0.935. The molecule has 2 heterocycles. The number of hydrogen-bond donors (Lipinski definition) is 1. The molecule has 0 unspecified atom stereocenters. The Hall–Kier alpha value is -1.56. The average molecular weight is 298 g/mol. The molecular weight excluding hydrogens is 286 g/mol. The number of nitrogens with one attached hydrogen (secondary N) is 1. The number of halogens is 1. The summed E-state index contributed by atoms with van der Waals surface area (Å²) in [6, 6.07) is 3.31. The van der Waals surface area contributed by atoms with Gasteiger partial charge in [-0.15, -0.1) is 0 Å². The van der Waals surface area contributed by atoms with Gasteiger partial charge < -0.3 is 14.3 Å². The van der Waals surface area contributed by atoms with Crippen LogP contribution in [0.1, 0.15) is 16.2 Å². The molecule has 0 aliphatic heterocycles. The lowest BCUT2D eigenvalue weighted by molar-refractivity contribution is 0.0925. The largest absolute Gasteiger partial charge is 0.444 e. The topological polar surface area (TPSA) is 60.1 Å². The van der Waals surface area contributed by atoms with Crippen LogP contribution in [0, 0.1) is 0 Å². The monoisotopic (exact) mass is 297 g/mol. The first-order valence-electron chi connectivity index (χ1n) is 5.15. The standard InChI is InChI=1S/C11H12BrN3O2/c1-15-6-8(14-7-15)4-5-13-11(16)9-2-3-10(12)17-9/h2-3,6-7H,4-5H2,1H3,(H,13,16). The van der Waals surface area contributed by atoms with Crippen molar-refractivity contribution in [2.24, 2.45) is 7.05 Å². The first kappa shape index (κ1) is 11.9. The van der Waals surface area contributed by atoms with Crippen LogP contribution in [0.15, 0.2) is 33.7 Å². The van der Waals surface area contributed by atoms with Crippen LogP contribution in [0.25, 0.3) is 0 Å². The first-order chi connectivity index (χ1) is 8.15. The van der Waals surface area contributed by atoms with Crippen molar-refractivity contribution >= 4 is 21.8 Å². The van der Waals surface area contributed by atoms with E-state index in [1.165, 1.54) is 0 Å². The lowest BCUT2D eigenvalue weighted by atomic mass is 10.3. The molecule has 2 rings (SSSR count). The summed E-state index contributed by atoms with van der Waals surface area (Å²) in [5.74, 6) is 0.0875. The summed E-state index contributed by atoms with van der Waals surface area (Å²) in [6.07, 6.45) is 4.37. The predicted octanol–water partition coefficient (Wildman–Crippen LogP) is 1.75. The molecule has 0 spiro atoms. The lowest BCUT2D eigenvalue weighted by Gasteiger charge is -2.00. The minimum Gasteiger partial charge on any atom is -0.444 e. The summed E-state index contributed by atoms with van der Waals surface area (Å²) >= 11 is 3.15. The number of rotatable bonds is 4. The van der Waals surface area contributed by atoms with E-state index < -0.39 is 0 Å². The highest BCUT2D eigenvalue weighted by atomic mass is 79.9. The zero-order valence-electron chi connectivity index (χ0n) is 9.31. The van der Waals surface area contributed by atoms with Crippen molar-refractivity contribution in [2.45, 2.75) is 6.42 Å². The Kier molecular flexibility index (Phi) is 3.63. The number of furan rings is 1. The van der Waals surface area contributed by atoms with E-state index in [0.29, 0.717) is 23.4 Å². The van der Waals surface area contributed by atoms with Gasteiger partial charge in [0.25, 0.3) is 5.91 Å². The number of carbonyl (C=O) groups excluding carboxylic acids is 1. The fourth-order valence-electron chi connectivity index (χ4n) is 1.42. The molecule has 0 saturated heterocycles. The van der Waals surface area contributed by atoms with Gasteiger partial charge in [0.1, 0.15) is 0 Å². The maximum absolute atomic E-state index is 11.6. The third-order valence-corrected chi connectivity index (χ3v) is 2.65. The van der Waals surface area contributed by atoms with Crippen molar-refractivity contribution in [1.82, 2.24) is 14.9 Å². The second-order valence-corrected chi connectivity index (χ2v) is 4.42. The van der Waals surface area contributed by atoms with Gasteiger partial charge in [-0.1, -0.05) is 0 Å². The molecule has 90 valence electrons. The highest BCUT2D eigenvalue weighted by Crippen LogP contribution is 2.13. The molecule has 17 heavy (non-hydrogen) atoms. The minimum absolute atomic E-state index is 0.216. The first-order valence-corrected chi connectivity index (χ1v) is 5.95. The molecule has 0 saturated carbocycles. The fraction of sp³-hybridized carbons (Fsp3) is 0.273. The van der Waals surface area contributed by atoms with Gasteiger partial charge in [-0.3, -0.25) is 4.79 Å². The molecule has 0 bridgehead atoms. The molecule has 0 aliphatic rings. The van der Waals surface area contributed by atoms with Crippen LogP contribution in [0.5, 0.6) is 0 Å². The Morgan fingerprint density at radius 2 is 2.41 bits per heavy atom.